The second-order valence-corrected chi connectivity index (χ2v) is 4.66. The van der Waals surface area contributed by atoms with Crippen LogP contribution < -0.4 is 5.73 Å². The zero-order chi connectivity index (χ0) is 11.2. The van der Waals surface area contributed by atoms with Gasteiger partial charge < -0.3 is 5.73 Å². The van der Waals surface area contributed by atoms with Crippen molar-refractivity contribution in [3.8, 4) is 0 Å². The molecule has 0 aromatic heterocycles. The Labute approximate surface area is 94.1 Å². The first-order chi connectivity index (χ1) is 7.75. The monoisotopic (exact) mass is 215 g/mol. The van der Waals surface area contributed by atoms with Crippen molar-refractivity contribution < 1.29 is 4.39 Å². The fourth-order valence-electron chi connectivity index (χ4n) is 2.33. The van der Waals surface area contributed by atoms with Gasteiger partial charge in [0.15, 0.2) is 0 Å². The van der Waals surface area contributed by atoms with E-state index < -0.39 is 0 Å². The third-order valence-corrected chi connectivity index (χ3v) is 3.69. The highest BCUT2D eigenvalue weighted by Gasteiger charge is 2.42. The van der Waals surface area contributed by atoms with Crippen molar-refractivity contribution in [1.82, 2.24) is 0 Å². The fourth-order valence-corrected chi connectivity index (χ4v) is 2.33. The molecule has 0 atom stereocenters. The topological polar surface area (TPSA) is 26.0 Å². The first-order valence-corrected chi connectivity index (χ1v) is 5.64. The number of rotatable bonds is 2. The van der Waals surface area contributed by atoms with Gasteiger partial charge in [0.25, 0.3) is 0 Å². The Morgan fingerprint density at radius 2 is 2.00 bits per heavy atom. The van der Waals surface area contributed by atoms with E-state index in [1.165, 1.54) is 11.6 Å². The van der Waals surface area contributed by atoms with Crippen molar-refractivity contribution in [1.29, 1.82) is 0 Å². The molecule has 0 saturated heterocycles. The molecular weight excluding hydrogens is 201 g/mol. The molecule has 0 heterocycles. The molecule has 0 aliphatic heterocycles. The van der Waals surface area contributed by atoms with E-state index >= 15 is 0 Å². The van der Waals surface area contributed by atoms with Crippen molar-refractivity contribution in [3.05, 3.63) is 47.8 Å². The van der Waals surface area contributed by atoms with Crippen LogP contribution in [0.25, 0.3) is 10.8 Å². The molecule has 2 aromatic carbocycles. The highest BCUT2D eigenvalue weighted by atomic mass is 19.1. The number of benzene rings is 2. The third kappa shape index (κ3) is 1.34. The van der Waals surface area contributed by atoms with Crippen LogP contribution in [0, 0.1) is 5.82 Å². The molecule has 1 nitrogen and oxygen atoms in total. The molecule has 0 spiro atoms. The average molecular weight is 215 g/mol. The minimum atomic E-state index is -0.146. The van der Waals surface area contributed by atoms with Crippen LogP contribution in [-0.2, 0) is 5.41 Å². The molecule has 0 amide bonds. The lowest BCUT2D eigenvalue weighted by Gasteiger charge is -2.13. The van der Waals surface area contributed by atoms with Gasteiger partial charge in [-0.3, -0.25) is 0 Å². The third-order valence-electron chi connectivity index (χ3n) is 3.69. The average Bonchev–Trinajstić information content (AvgIpc) is 3.10. The lowest BCUT2D eigenvalue weighted by molar-refractivity contribution is 0.639. The van der Waals surface area contributed by atoms with Gasteiger partial charge in [-0.1, -0.05) is 24.3 Å². The predicted octanol–water partition coefficient (Wildman–Crippen LogP) is 2.97. The van der Waals surface area contributed by atoms with E-state index in [-0.39, 0.29) is 11.2 Å². The molecule has 0 bridgehead atoms. The molecule has 2 aromatic rings. The van der Waals surface area contributed by atoms with Crippen LogP contribution in [0.1, 0.15) is 18.4 Å². The van der Waals surface area contributed by atoms with E-state index in [0.717, 1.165) is 18.2 Å². The molecule has 16 heavy (non-hydrogen) atoms. The summed E-state index contributed by atoms with van der Waals surface area (Å²) in [6.07, 6.45) is 2.26. The zero-order valence-corrected chi connectivity index (χ0v) is 9.04. The van der Waals surface area contributed by atoms with Gasteiger partial charge in [0.2, 0.25) is 0 Å². The van der Waals surface area contributed by atoms with Crippen LogP contribution in [0.3, 0.4) is 0 Å². The van der Waals surface area contributed by atoms with Gasteiger partial charge in [-0.05, 0) is 35.9 Å². The Balaban J connectivity index is 2.19. The molecule has 82 valence electrons. The van der Waals surface area contributed by atoms with Gasteiger partial charge in [0.05, 0.1) is 0 Å². The molecule has 3 rings (SSSR count). The molecule has 2 heteroatoms. The van der Waals surface area contributed by atoms with E-state index in [9.17, 15) is 4.39 Å². The zero-order valence-electron chi connectivity index (χ0n) is 9.04. The van der Waals surface area contributed by atoms with Crippen LogP contribution in [0.15, 0.2) is 36.4 Å². The highest BCUT2D eigenvalue weighted by Crippen LogP contribution is 2.47. The minimum Gasteiger partial charge on any atom is -0.330 e. The summed E-state index contributed by atoms with van der Waals surface area (Å²) in [6, 6.07) is 11.2. The molecule has 1 saturated carbocycles. The quantitative estimate of drug-likeness (QED) is 0.818. The Morgan fingerprint density at radius 3 is 2.69 bits per heavy atom. The summed E-state index contributed by atoms with van der Waals surface area (Å²) in [4.78, 5) is 0. The Morgan fingerprint density at radius 1 is 1.19 bits per heavy atom. The standard InChI is InChI=1S/C14H14FN/c15-13-3-1-2-10-4-5-11(8-12(10)13)14(9-16)6-7-14/h1-5,8H,6-7,9,16H2. The fraction of sp³-hybridized carbons (Fsp3) is 0.286. The number of fused-ring (bicyclic) bond motifs is 1. The number of halogens is 1. The summed E-state index contributed by atoms with van der Waals surface area (Å²) < 4.78 is 13.6. The summed E-state index contributed by atoms with van der Waals surface area (Å²) >= 11 is 0. The Bertz CT molecular complexity index is 543. The normalized spacial score (nSPS) is 17.6. The molecule has 0 unspecified atom stereocenters. The van der Waals surface area contributed by atoms with E-state index in [2.05, 4.69) is 6.07 Å². The van der Waals surface area contributed by atoms with Crippen molar-refractivity contribution in [2.24, 2.45) is 5.73 Å². The number of hydrogen-bond acceptors (Lipinski definition) is 1. The van der Waals surface area contributed by atoms with Gasteiger partial charge in [-0.15, -0.1) is 0 Å². The largest absolute Gasteiger partial charge is 0.330 e. The molecule has 0 radical (unpaired) electrons. The maximum absolute atomic E-state index is 13.6. The minimum absolute atomic E-state index is 0.135. The maximum Gasteiger partial charge on any atom is 0.131 e. The second-order valence-electron chi connectivity index (χ2n) is 4.66. The van der Waals surface area contributed by atoms with Crippen molar-refractivity contribution in [3.63, 3.8) is 0 Å². The number of hydrogen-bond donors (Lipinski definition) is 1. The summed E-state index contributed by atoms with van der Waals surface area (Å²) in [5.41, 5.74) is 7.11. The lowest BCUT2D eigenvalue weighted by Crippen LogP contribution is -2.19. The van der Waals surface area contributed by atoms with E-state index in [0.29, 0.717) is 11.9 Å². The van der Waals surface area contributed by atoms with Gasteiger partial charge in [0.1, 0.15) is 5.82 Å². The van der Waals surface area contributed by atoms with Gasteiger partial charge in [0, 0.05) is 17.3 Å². The summed E-state index contributed by atoms with van der Waals surface area (Å²) in [5.74, 6) is -0.146. The first kappa shape index (κ1) is 9.79. The van der Waals surface area contributed by atoms with Gasteiger partial charge >= 0.3 is 0 Å². The number of nitrogens with two attached hydrogens (primary N) is 1. The summed E-state index contributed by atoms with van der Waals surface area (Å²) in [5, 5.41) is 1.66. The predicted molar refractivity (Wildman–Crippen MR) is 63.9 cm³/mol. The molecule has 1 aliphatic carbocycles. The van der Waals surface area contributed by atoms with E-state index in [1.807, 2.05) is 18.2 Å². The van der Waals surface area contributed by atoms with Crippen LogP contribution in [-0.4, -0.2) is 6.54 Å². The lowest BCUT2D eigenvalue weighted by atomic mass is 9.93. The van der Waals surface area contributed by atoms with Crippen LogP contribution in [0.5, 0.6) is 0 Å². The molecule has 1 fully saturated rings. The van der Waals surface area contributed by atoms with Crippen LogP contribution >= 0.6 is 0 Å². The Kier molecular flexibility index (Phi) is 2.01. The van der Waals surface area contributed by atoms with Crippen LogP contribution in [0.4, 0.5) is 4.39 Å². The SMILES string of the molecule is NCC1(c2ccc3cccc(F)c3c2)CC1. The molecular formula is C14H14FN. The molecule has 1 aliphatic rings. The first-order valence-electron chi connectivity index (χ1n) is 5.64. The molecule has 2 N–H and O–H groups in total. The van der Waals surface area contributed by atoms with E-state index in [4.69, 9.17) is 5.73 Å². The summed E-state index contributed by atoms with van der Waals surface area (Å²) in [7, 11) is 0. The summed E-state index contributed by atoms with van der Waals surface area (Å²) in [6.45, 7) is 0.660. The maximum atomic E-state index is 13.6. The van der Waals surface area contributed by atoms with Crippen molar-refractivity contribution >= 4 is 10.8 Å². The van der Waals surface area contributed by atoms with Gasteiger partial charge in [-0.2, -0.15) is 0 Å². The highest BCUT2D eigenvalue weighted by molar-refractivity contribution is 5.84. The Hall–Kier alpha value is -1.41. The second kappa shape index (κ2) is 3.29. The van der Waals surface area contributed by atoms with E-state index in [1.54, 1.807) is 6.07 Å². The van der Waals surface area contributed by atoms with Crippen molar-refractivity contribution in [2.45, 2.75) is 18.3 Å². The smallest absolute Gasteiger partial charge is 0.131 e. The van der Waals surface area contributed by atoms with Crippen molar-refractivity contribution in [2.75, 3.05) is 6.54 Å². The van der Waals surface area contributed by atoms with Gasteiger partial charge in [-0.25, -0.2) is 4.39 Å². The van der Waals surface area contributed by atoms with Crippen LogP contribution in [0.2, 0.25) is 0 Å².